The molecule has 0 aliphatic heterocycles. The van der Waals surface area contributed by atoms with Gasteiger partial charge in [0.15, 0.2) is 0 Å². The summed E-state index contributed by atoms with van der Waals surface area (Å²) in [5.41, 5.74) is 4.58. The molecule has 0 saturated carbocycles. The Hall–Kier alpha value is -3.11. The minimum absolute atomic E-state index is 0.164. The van der Waals surface area contributed by atoms with E-state index in [0.29, 0.717) is 5.02 Å². The maximum atomic E-state index is 13.1. The van der Waals surface area contributed by atoms with Crippen LogP contribution in [0, 0.1) is 0 Å². The number of nitrogens with one attached hydrogen (secondary N) is 1. The van der Waals surface area contributed by atoms with Crippen LogP contribution in [0.3, 0.4) is 0 Å². The number of carboxylic acids is 1. The van der Waals surface area contributed by atoms with Crippen LogP contribution in [0.5, 0.6) is 0 Å². The fourth-order valence-electron chi connectivity index (χ4n) is 3.79. The first-order valence-electron chi connectivity index (χ1n) is 9.00. The summed E-state index contributed by atoms with van der Waals surface area (Å²) in [7, 11) is 0. The highest BCUT2D eigenvalue weighted by atomic mass is 35.5. The van der Waals surface area contributed by atoms with E-state index in [1.807, 2.05) is 48.5 Å². The van der Waals surface area contributed by atoms with Gasteiger partial charge < -0.3 is 10.4 Å². The molecule has 1 aliphatic rings. The van der Waals surface area contributed by atoms with Gasteiger partial charge in [-0.05, 0) is 39.9 Å². The first-order valence-corrected chi connectivity index (χ1v) is 9.38. The quantitative estimate of drug-likeness (QED) is 0.682. The van der Waals surface area contributed by atoms with E-state index >= 15 is 0 Å². The van der Waals surface area contributed by atoms with Crippen LogP contribution in [0.25, 0.3) is 11.1 Å². The van der Waals surface area contributed by atoms with E-state index < -0.39 is 17.9 Å². The maximum Gasteiger partial charge on any atom is 0.326 e. The van der Waals surface area contributed by atoms with Gasteiger partial charge in [0.2, 0.25) is 5.91 Å². The Morgan fingerprint density at radius 1 is 0.929 bits per heavy atom. The van der Waals surface area contributed by atoms with Gasteiger partial charge in [-0.25, -0.2) is 4.79 Å². The van der Waals surface area contributed by atoms with Gasteiger partial charge in [0.1, 0.15) is 6.04 Å². The number of carbonyl (C=O) groups excluding carboxylic acids is 1. The van der Waals surface area contributed by atoms with E-state index in [4.69, 9.17) is 11.6 Å². The van der Waals surface area contributed by atoms with Crippen molar-refractivity contribution >= 4 is 23.5 Å². The summed E-state index contributed by atoms with van der Waals surface area (Å²) < 4.78 is 0. The lowest BCUT2D eigenvalue weighted by molar-refractivity contribution is -0.141. The van der Waals surface area contributed by atoms with Crippen LogP contribution in [0.1, 0.15) is 22.6 Å². The van der Waals surface area contributed by atoms with Gasteiger partial charge in [0.25, 0.3) is 0 Å². The SMILES string of the molecule is O=C(N[C@@H](Cc1cccc(Cl)c1)C(=O)O)C1c2ccccc2-c2ccccc21. The highest BCUT2D eigenvalue weighted by Crippen LogP contribution is 2.44. The molecule has 3 aromatic carbocycles. The van der Waals surface area contributed by atoms with Crippen molar-refractivity contribution in [1.82, 2.24) is 5.32 Å². The van der Waals surface area contributed by atoms with Gasteiger partial charge >= 0.3 is 5.97 Å². The molecule has 0 aromatic heterocycles. The molecule has 0 bridgehead atoms. The summed E-state index contributed by atoms with van der Waals surface area (Å²) in [6, 6.07) is 21.5. The lowest BCUT2D eigenvalue weighted by Gasteiger charge is -2.19. The van der Waals surface area contributed by atoms with Gasteiger partial charge in [-0.1, -0.05) is 72.3 Å². The minimum atomic E-state index is -1.08. The zero-order valence-corrected chi connectivity index (χ0v) is 15.7. The third-order valence-corrected chi connectivity index (χ3v) is 5.27. The lowest BCUT2D eigenvalue weighted by Crippen LogP contribution is -2.44. The van der Waals surface area contributed by atoms with Gasteiger partial charge in [-0.3, -0.25) is 4.79 Å². The Kier molecular flexibility index (Phi) is 4.88. The first kappa shape index (κ1) is 18.3. The molecule has 0 radical (unpaired) electrons. The highest BCUT2D eigenvalue weighted by molar-refractivity contribution is 6.30. The second kappa shape index (κ2) is 7.49. The number of fused-ring (bicyclic) bond motifs is 3. The van der Waals surface area contributed by atoms with Gasteiger partial charge in [-0.15, -0.1) is 0 Å². The molecule has 140 valence electrons. The topological polar surface area (TPSA) is 66.4 Å². The van der Waals surface area contributed by atoms with Crippen molar-refractivity contribution < 1.29 is 14.7 Å². The molecule has 5 heteroatoms. The van der Waals surface area contributed by atoms with E-state index in [9.17, 15) is 14.7 Å². The van der Waals surface area contributed by atoms with Crippen LogP contribution in [-0.2, 0) is 16.0 Å². The zero-order valence-electron chi connectivity index (χ0n) is 14.9. The predicted octanol–water partition coefficient (Wildman–Crippen LogP) is 4.26. The Labute approximate surface area is 167 Å². The molecule has 3 aromatic rings. The molecule has 2 N–H and O–H groups in total. The number of carboxylic acid groups (broad SMARTS) is 1. The van der Waals surface area contributed by atoms with Crippen molar-refractivity contribution in [2.45, 2.75) is 18.4 Å². The largest absolute Gasteiger partial charge is 0.480 e. The monoisotopic (exact) mass is 391 g/mol. The fourth-order valence-corrected chi connectivity index (χ4v) is 4.01. The van der Waals surface area contributed by atoms with E-state index in [0.717, 1.165) is 27.8 Å². The lowest BCUT2D eigenvalue weighted by atomic mass is 9.95. The number of halogens is 1. The first-order chi connectivity index (χ1) is 13.5. The Balaban J connectivity index is 1.62. The average molecular weight is 392 g/mol. The molecule has 1 aliphatic carbocycles. The van der Waals surface area contributed by atoms with Crippen molar-refractivity contribution in [1.29, 1.82) is 0 Å². The normalized spacial score (nSPS) is 13.5. The molecule has 0 heterocycles. The highest BCUT2D eigenvalue weighted by Gasteiger charge is 2.35. The average Bonchev–Trinajstić information content (AvgIpc) is 3.02. The van der Waals surface area contributed by atoms with Crippen LogP contribution in [0.4, 0.5) is 0 Å². The van der Waals surface area contributed by atoms with E-state index in [1.165, 1.54) is 0 Å². The molecule has 1 amide bonds. The molecular weight excluding hydrogens is 374 g/mol. The van der Waals surface area contributed by atoms with Crippen LogP contribution < -0.4 is 5.32 Å². The van der Waals surface area contributed by atoms with E-state index in [2.05, 4.69) is 5.32 Å². The number of carbonyl (C=O) groups is 2. The fraction of sp³-hybridized carbons (Fsp3) is 0.130. The number of aliphatic carboxylic acids is 1. The second-order valence-electron chi connectivity index (χ2n) is 6.84. The standard InChI is InChI=1S/C23H18ClNO3/c24-15-7-5-6-14(12-15)13-20(23(27)28)25-22(26)21-18-10-3-1-8-16(18)17-9-2-4-11-19(17)21/h1-12,20-21H,13H2,(H,25,26)(H,27,28)/t20-/m0/s1. The molecule has 0 fully saturated rings. The Bertz CT molecular complexity index is 1020. The van der Waals surface area contributed by atoms with Crippen molar-refractivity contribution in [2.75, 3.05) is 0 Å². The number of rotatable bonds is 5. The minimum Gasteiger partial charge on any atom is -0.480 e. The second-order valence-corrected chi connectivity index (χ2v) is 7.28. The van der Waals surface area contributed by atoms with Crippen molar-refractivity contribution in [3.05, 3.63) is 94.5 Å². The molecule has 0 spiro atoms. The maximum absolute atomic E-state index is 13.1. The summed E-state index contributed by atoms with van der Waals surface area (Å²) in [5, 5.41) is 12.9. The van der Waals surface area contributed by atoms with Gasteiger partial charge in [0.05, 0.1) is 5.92 Å². The van der Waals surface area contributed by atoms with E-state index in [1.54, 1.807) is 24.3 Å². The van der Waals surface area contributed by atoms with Crippen LogP contribution in [-0.4, -0.2) is 23.0 Å². The van der Waals surface area contributed by atoms with Gasteiger partial charge in [0, 0.05) is 11.4 Å². The predicted molar refractivity (Wildman–Crippen MR) is 108 cm³/mol. The van der Waals surface area contributed by atoms with Crippen LogP contribution in [0.15, 0.2) is 72.8 Å². The van der Waals surface area contributed by atoms with Crippen LogP contribution >= 0.6 is 11.6 Å². The van der Waals surface area contributed by atoms with Crippen molar-refractivity contribution in [3.8, 4) is 11.1 Å². The van der Waals surface area contributed by atoms with Crippen molar-refractivity contribution in [2.24, 2.45) is 0 Å². The summed E-state index contributed by atoms with van der Waals surface area (Å²) in [6.45, 7) is 0. The van der Waals surface area contributed by atoms with E-state index in [-0.39, 0.29) is 12.3 Å². The zero-order chi connectivity index (χ0) is 19.7. The summed E-state index contributed by atoms with van der Waals surface area (Å²) in [4.78, 5) is 24.9. The number of benzene rings is 3. The number of hydrogen-bond acceptors (Lipinski definition) is 2. The van der Waals surface area contributed by atoms with Crippen LogP contribution in [0.2, 0.25) is 5.02 Å². The summed E-state index contributed by atoms with van der Waals surface area (Å²) in [6.07, 6.45) is 0.164. The Morgan fingerprint density at radius 3 is 2.11 bits per heavy atom. The summed E-state index contributed by atoms with van der Waals surface area (Å²) >= 11 is 5.99. The van der Waals surface area contributed by atoms with Crippen molar-refractivity contribution in [3.63, 3.8) is 0 Å². The van der Waals surface area contributed by atoms with Gasteiger partial charge in [-0.2, -0.15) is 0 Å². The molecule has 28 heavy (non-hydrogen) atoms. The molecule has 4 nitrogen and oxygen atoms in total. The molecule has 0 saturated heterocycles. The smallest absolute Gasteiger partial charge is 0.326 e. The number of hydrogen-bond donors (Lipinski definition) is 2. The molecule has 4 rings (SSSR count). The molecule has 1 atom stereocenters. The Morgan fingerprint density at radius 2 is 1.54 bits per heavy atom. The third kappa shape index (κ3) is 3.39. The molecule has 0 unspecified atom stereocenters. The number of amides is 1. The molecular formula is C23H18ClNO3. The third-order valence-electron chi connectivity index (χ3n) is 5.04. The summed E-state index contributed by atoms with van der Waals surface area (Å²) in [5.74, 6) is -1.91.